The molecule has 1 aromatic heterocycles. The molecule has 0 aromatic carbocycles. The number of aromatic nitrogens is 2. The zero-order chi connectivity index (χ0) is 15.4. The molecule has 1 saturated carbocycles. The molecule has 114 valence electrons. The highest BCUT2D eigenvalue weighted by atomic mass is 16.2. The highest BCUT2D eigenvalue weighted by Gasteiger charge is 2.57. The molecule has 6 nitrogen and oxygen atoms in total. The Bertz CT molecular complexity index is 603. The maximum absolute atomic E-state index is 13.0. The number of piperazine rings is 1. The molecule has 3 rings (SSSR count). The van der Waals surface area contributed by atoms with Crippen LogP contribution in [0.25, 0.3) is 0 Å². The topological polar surface area (TPSA) is 67.2 Å². The lowest BCUT2D eigenvalue weighted by molar-refractivity contribution is -0.162. The zero-order valence-corrected chi connectivity index (χ0v) is 13.0. The molecule has 1 N–H and O–H groups in total. The monoisotopic (exact) mass is 290 g/mol. The summed E-state index contributed by atoms with van der Waals surface area (Å²) in [5, 5.41) is 7.29. The Kier molecular flexibility index (Phi) is 2.90. The Morgan fingerprint density at radius 1 is 1.33 bits per heavy atom. The maximum Gasteiger partial charge on any atom is 0.249 e. The van der Waals surface area contributed by atoms with Crippen LogP contribution in [0, 0.1) is 5.92 Å². The Morgan fingerprint density at radius 3 is 2.52 bits per heavy atom. The van der Waals surface area contributed by atoms with Gasteiger partial charge in [-0.05, 0) is 45.6 Å². The number of carbonyl (C=O) groups is 2. The van der Waals surface area contributed by atoms with Crippen LogP contribution in [0.15, 0.2) is 12.3 Å². The smallest absolute Gasteiger partial charge is 0.249 e. The Morgan fingerprint density at radius 2 is 2.00 bits per heavy atom. The van der Waals surface area contributed by atoms with Gasteiger partial charge in [-0.25, -0.2) is 0 Å². The molecule has 1 aliphatic heterocycles. The molecule has 21 heavy (non-hydrogen) atoms. The van der Waals surface area contributed by atoms with Gasteiger partial charge in [-0.2, -0.15) is 5.10 Å². The first-order valence-corrected chi connectivity index (χ1v) is 7.38. The van der Waals surface area contributed by atoms with E-state index in [1.165, 1.54) is 0 Å². The van der Waals surface area contributed by atoms with Gasteiger partial charge in [0.05, 0.1) is 12.2 Å². The molecule has 0 spiro atoms. The van der Waals surface area contributed by atoms with Crippen molar-refractivity contribution in [3.8, 4) is 0 Å². The van der Waals surface area contributed by atoms with Crippen LogP contribution in [-0.4, -0.2) is 37.6 Å². The summed E-state index contributed by atoms with van der Waals surface area (Å²) in [6.07, 6.45) is 3.84. The lowest BCUT2D eigenvalue weighted by Gasteiger charge is -2.48. The van der Waals surface area contributed by atoms with Gasteiger partial charge < -0.3 is 10.2 Å². The third kappa shape index (κ3) is 2.13. The number of hydrogen-bond donors (Lipinski definition) is 1. The summed E-state index contributed by atoms with van der Waals surface area (Å²) in [5.41, 5.74) is -0.823. The molecule has 1 saturated heterocycles. The molecular weight excluding hydrogens is 268 g/mol. The van der Waals surface area contributed by atoms with E-state index < -0.39 is 11.1 Å². The first-order chi connectivity index (χ1) is 9.75. The average Bonchev–Trinajstić information content (AvgIpc) is 3.18. The summed E-state index contributed by atoms with van der Waals surface area (Å²) in [6.45, 7) is 5.79. The SMILES string of the molecule is Cn1ccc(CN2C(=O)C(C)(C3CC3)NC(=O)C2(C)C)n1. The lowest BCUT2D eigenvalue weighted by atomic mass is 9.85. The van der Waals surface area contributed by atoms with Gasteiger partial charge in [0.1, 0.15) is 11.1 Å². The Labute approximate surface area is 124 Å². The minimum absolute atomic E-state index is 0.000234. The fourth-order valence-corrected chi connectivity index (χ4v) is 3.02. The van der Waals surface area contributed by atoms with E-state index in [9.17, 15) is 9.59 Å². The molecule has 0 radical (unpaired) electrons. The second kappa shape index (κ2) is 4.32. The fourth-order valence-electron chi connectivity index (χ4n) is 3.02. The predicted molar refractivity (Wildman–Crippen MR) is 77.1 cm³/mol. The summed E-state index contributed by atoms with van der Waals surface area (Å²) < 4.78 is 1.71. The molecule has 2 aliphatic rings. The van der Waals surface area contributed by atoms with E-state index >= 15 is 0 Å². The standard InChI is InChI=1S/C15H22N4O2/c1-14(2)12(20)16-15(3,10-5-6-10)13(21)19(14)9-11-7-8-18(4)17-11/h7-8,10H,5-6,9H2,1-4H3,(H,16,20). The molecule has 1 atom stereocenters. The number of nitrogens with zero attached hydrogens (tertiary/aromatic N) is 3. The number of carbonyl (C=O) groups excluding carboxylic acids is 2. The largest absolute Gasteiger partial charge is 0.340 e. The molecule has 0 bridgehead atoms. The van der Waals surface area contributed by atoms with Crippen LogP contribution < -0.4 is 5.32 Å². The third-order valence-corrected chi connectivity index (χ3v) is 4.78. The van der Waals surface area contributed by atoms with E-state index in [0.717, 1.165) is 18.5 Å². The van der Waals surface area contributed by atoms with Crippen molar-refractivity contribution in [3.05, 3.63) is 18.0 Å². The van der Waals surface area contributed by atoms with Crippen LogP contribution >= 0.6 is 0 Å². The van der Waals surface area contributed by atoms with E-state index in [-0.39, 0.29) is 17.7 Å². The first kappa shape index (κ1) is 14.1. The van der Waals surface area contributed by atoms with E-state index in [1.807, 2.05) is 26.2 Å². The number of nitrogens with one attached hydrogen (secondary N) is 1. The van der Waals surface area contributed by atoms with Crippen LogP contribution in [0.2, 0.25) is 0 Å². The molecule has 2 fully saturated rings. The van der Waals surface area contributed by atoms with E-state index in [2.05, 4.69) is 10.4 Å². The van der Waals surface area contributed by atoms with Crippen molar-refractivity contribution in [2.75, 3.05) is 0 Å². The fraction of sp³-hybridized carbons (Fsp3) is 0.667. The molecule has 2 amide bonds. The van der Waals surface area contributed by atoms with Crippen molar-refractivity contribution in [1.82, 2.24) is 20.0 Å². The van der Waals surface area contributed by atoms with Crippen LogP contribution in [0.3, 0.4) is 0 Å². The Balaban J connectivity index is 1.93. The maximum atomic E-state index is 13.0. The van der Waals surface area contributed by atoms with E-state index in [4.69, 9.17) is 0 Å². The van der Waals surface area contributed by atoms with Crippen molar-refractivity contribution < 1.29 is 9.59 Å². The second-order valence-corrected chi connectivity index (χ2v) is 6.86. The van der Waals surface area contributed by atoms with E-state index in [0.29, 0.717) is 6.54 Å². The minimum Gasteiger partial charge on any atom is -0.340 e. The van der Waals surface area contributed by atoms with E-state index in [1.54, 1.807) is 23.4 Å². The molecule has 2 heterocycles. The third-order valence-electron chi connectivity index (χ3n) is 4.78. The lowest BCUT2D eigenvalue weighted by Crippen LogP contribution is -2.73. The van der Waals surface area contributed by atoms with Crippen LogP contribution in [-0.2, 0) is 23.2 Å². The van der Waals surface area contributed by atoms with Crippen molar-refractivity contribution in [2.24, 2.45) is 13.0 Å². The molecule has 1 unspecified atom stereocenters. The van der Waals surface area contributed by atoms with Crippen molar-refractivity contribution in [2.45, 2.75) is 51.2 Å². The molecule has 6 heteroatoms. The van der Waals surface area contributed by atoms with Crippen LogP contribution in [0.1, 0.15) is 39.3 Å². The highest BCUT2D eigenvalue weighted by Crippen LogP contribution is 2.43. The second-order valence-electron chi connectivity index (χ2n) is 6.86. The van der Waals surface area contributed by atoms with Gasteiger partial charge in [0, 0.05) is 13.2 Å². The van der Waals surface area contributed by atoms with Crippen molar-refractivity contribution in [1.29, 1.82) is 0 Å². The summed E-state index contributed by atoms with van der Waals surface area (Å²) in [5.74, 6) is 0.170. The van der Waals surface area contributed by atoms with Crippen molar-refractivity contribution >= 4 is 11.8 Å². The van der Waals surface area contributed by atoms with Gasteiger partial charge in [-0.15, -0.1) is 0 Å². The summed E-state index contributed by atoms with van der Waals surface area (Å²) in [7, 11) is 1.84. The summed E-state index contributed by atoms with van der Waals surface area (Å²) >= 11 is 0. The Hall–Kier alpha value is -1.85. The molecular formula is C15H22N4O2. The quantitative estimate of drug-likeness (QED) is 0.896. The van der Waals surface area contributed by atoms with Gasteiger partial charge >= 0.3 is 0 Å². The molecule has 1 aromatic rings. The van der Waals surface area contributed by atoms with Crippen molar-refractivity contribution in [3.63, 3.8) is 0 Å². The number of hydrogen-bond acceptors (Lipinski definition) is 3. The van der Waals surface area contributed by atoms with Gasteiger partial charge in [0.15, 0.2) is 0 Å². The predicted octanol–water partition coefficient (Wildman–Crippen LogP) is 0.826. The average molecular weight is 290 g/mol. The number of amides is 2. The normalized spacial score (nSPS) is 28.7. The van der Waals surface area contributed by atoms with Gasteiger partial charge in [0.2, 0.25) is 11.8 Å². The van der Waals surface area contributed by atoms with Gasteiger partial charge in [-0.3, -0.25) is 14.3 Å². The van der Waals surface area contributed by atoms with Crippen LogP contribution in [0.4, 0.5) is 0 Å². The van der Waals surface area contributed by atoms with Crippen LogP contribution in [0.5, 0.6) is 0 Å². The first-order valence-electron chi connectivity index (χ1n) is 7.38. The van der Waals surface area contributed by atoms with Gasteiger partial charge in [0.25, 0.3) is 0 Å². The number of aryl methyl sites for hydroxylation is 1. The minimum atomic E-state index is -0.858. The van der Waals surface area contributed by atoms with Gasteiger partial charge in [-0.1, -0.05) is 0 Å². The zero-order valence-electron chi connectivity index (χ0n) is 13.0. The number of rotatable bonds is 3. The molecule has 1 aliphatic carbocycles. The summed E-state index contributed by atoms with van der Waals surface area (Å²) in [4.78, 5) is 27.1. The summed E-state index contributed by atoms with van der Waals surface area (Å²) in [6, 6.07) is 1.88. The highest BCUT2D eigenvalue weighted by molar-refractivity contribution is 6.02.